The number of aryl methyl sites for hydroxylation is 1. The fourth-order valence-electron chi connectivity index (χ4n) is 2.55. The zero-order valence-corrected chi connectivity index (χ0v) is 15.8. The normalized spacial score (nSPS) is 12.0. The number of ether oxygens (including phenoxy) is 1. The minimum Gasteiger partial charge on any atom is -0.497 e. The molecule has 1 amide bonds. The van der Waals surface area contributed by atoms with Crippen molar-refractivity contribution in [3.63, 3.8) is 0 Å². The Labute approximate surface area is 157 Å². The van der Waals surface area contributed by atoms with E-state index >= 15 is 0 Å². The summed E-state index contributed by atoms with van der Waals surface area (Å²) in [6.07, 6.45) is 0. The number of nitrogens with one attached hydrogen (secondary N) is 1. The number of carbonyl (C=O) groups is 1. The third kappa shape index (κ3) is 4.32. The van der Waals surface area contributed by atoms with Crippen LogP contribution in [-0.4, -0.2) is 28.2 Å². The molecule has 0 aliphatic carbocycles. The van der Waals surface area contributed by atoms with Gasteiger partial charge >= 0.3 is 0 Å². The molecule has 0 saturated heterocycles. The molecule has 1 atom stereocenters. The summed E-state index contributed by atoms with van der Waals surface area (Å²) < 4.78 is 5.14. The summed E-state index contributed by atoms with van der Waals surface area (Å²) in [6.45, 7) is 4.24. The molecule has 0 saturated carbocycles. The average Bonchev–Trinajstić information content (AvgIpc) is 2.66. The van der Waals surface area contributed by atoms with Crippen molar-refractivity contribution in [2.24, 2.45) is 0 Å². The van der Waals surface area contributed by atoms with E-state index in [2.05, 4.69) is 15.3 Å². The first-order chi connectivity index (χ1) is 12.6. The lowest BCUT2D eigenvalue weighted by atomic mass is 10.2. The number of benzene rings is 2. The molecule has 0 aliphatic heterocycles. The van der Waals surface area contributed by atoms with Gasteiger partial charge in [0.05, 0.1) is 17.9 Å². The summed E-state index contributed by atoms with van der Waals surface area (Å²) in [4.78, 5) is 21.4. The van der Waals surface area contributed by atoms with Crippen molar-refractivity contribution in [2.75, 3.05) is 7.11 Å². The number of para-hydroxylation sites is 1. The van der Waals surface area contributed by atoms with Gasteiger partial charge in [-0.1, -0.05) is 42.1 Å². The Kier molecular flexibility index (Phi) is 5.73. The van der Waals surface area contributed by atoms with Gasteiger partial charge in [-0.15, -0.1) is 0 Å². The molecule has 0 bridgehead atoms. The molecule has 3 rings (SSSR count). The third-order valence-corrected chi connectivity index (χ3v) is 5.07. The number of carbonyl (C=O) groups excluding carboxylic acids is 1. The van der Waals surface area contributed by atoms with Gasteiger partial charge in [-0.25, -0.2) is 9.97 Å². The summed E-state index contributed by atoms with van der Waals surface area (Å²) in [7, 11) is 1.63. The lowest BCUT2D eigenvalue weighted by molar-refractivity contribution is -0.120. The van der Waals surface area contributed by atoms with Gasteiger partial charge < -0.3 is 10.1 Å². The lowest BCUT2D eigenvalue weighted by Crippen LogP contribution is -2.30. The molecular weight excluding hydrogens is 346 g/mol. The highest BCUT2D eigenvalue weighted by atomic mass is 32.2. The maximum Gasteiger partial charge on any atom is 0.233 e. The fourth-order valence-corrected chi connectivity index (χ4v) is 3.56. The largest absolute Gasteiger partial charge is 0.497 e. The lowest BCUT2D eigenvalue weighted by Gasteiger charge is -2.13. The number of fused-ring (bicyclic) bond motifs is 1. The molecule has 2 aromatic carbocycles. The van der Waals surface area contributed by atoms with E-state index in [1.54, 1.807) is 7.11 Å². The maximum absolute atomic E-state index is 12.5. The van der Waals surface area contributed by atoms with Crippen molar-refractivity contribution in [2.45, 2.75) is 30.7 Å². The van der Waals surface area contributed by atoms with Crippen LogP contribution in [0.4, 0.5) is 0 Å². The molecule has 0 unspecified atom stereocenters. The first-order valence-electron chi connectivity index (χ1n) is 8.37. The van der Waals surface area contributed by atoms with Gasteiger partial charge in [-0.3, -0.25) is 4.79 Å². The number of rotatable bonds is 6. The Balaban J connectivity index is 1.65. The molecule has 5 nitrogen and oxygen atoms in total. The number of thioether (sulfide) groups is 1. The van der Waals surface area contributed by atoms with Crippen LogP contribution in [0.25, 0.3) is 10.9 Å². The molecule has 1 aromatic heterocycles. The van der Waals surface area contributed by atoms with Crippen molar-refractivity contribution in [1.82, 2.24) is 15.3 Å². The summed E-state index contributed by atoms with van der Waals surface area (Å²) in [5, 5.41) is 4.52. The van der Waals surface area contributed by atoms with Gasteiger partial charge in [-0.2, -0.15) is 0 Å². The van der Waals surface area contributed by atoms with Crippen LogP contribution in [0, 0.1) is 6.92 Å². The highest BCUT2D eigenvalue weighted by Crippen LogP contribution is 2.28. The van der Waals surface area contributed by atoms with Crippen molar-refractivity contribution in [1.29, 1.82) is 0 Å². The molecule has 0 radical (unpaired) electrons. The van der Waals surface area contributed by atoms with E-state index < -0.39 is 0 Å². The second kappa shape index (κ2) is 8.19. The maximum atomic E-state index is 12.5. The van der Waals surface area contributed by atoms with E-state index in [1.807, 2.05) is 62.4 Å². The van der Waals surface area contributed by atoms with Crippen molar-refractivity contribution in [3.8, 4) is 5.75 Å². The van der Waals surface area contributed by atoms with Crippen LogP contribution in [0.5, 0.6) is 5.75 Å². The zero-order chi connectivity index (χ0) is 18.5. The Bertz CT molecular complexity index is 913. The predicted octanol–water partition coefficient (Wildman–Crippen LogP) is 3.74. The minimum atomic E-state index is -0.258. The van der Waals surface area contributed by atoms with Crippen molar-refractivity contribution >= 4 is 28.6 Å². The van der Waals surface area contributed by atoms with Gasteiger partial charge in [-0.05, 0) is 37.6 Å². The molecular formula is C20H21N3O2S. The van der Waals surface area contributed by atoms with Crippen LogP contribution in [0.2, 0.25) is 0 Å². The predicted molar refractivity (Wildman–Crippen MR) is 104 cm³/mol. The van der Waals surface area contributed by atoms with Crippen molar-refractivity contribution in [3.05, 3.63) is 59.9 Å². The van der Waals surface area contributed by atoms with Gasteiger partial charge in [0.25, 0.3) is 0 Å². The van der Waals surface area contributed by atoms with Crippen LogP contribution in [0.15, 0.2) is 53.6 Å². The first kappa shape index (κ1) is 18.2. The average molecular weight is 367 g/mol. The number of amides is 1. The quantitative estimate of drug-likeness (QED) is 0.531. The second-order valence-corrected chi connectivity index (χ2v) is 7.25. The molecule has 1 N–H and O–H groups in total. The summed E-state index contributed by atoms with van der Waals surface area (Å²) >= 11 is 1.45. The van der Waals surface area contributed by atoms with E-state index in [9.17, 15) is 4.79 Å². The van der Waals surface area contributed by atoms with Crippen molar-refractivity contribution < 1.29 is 9.53 Å². The van der Waals surface area contributed by atoms with Crippen LogP contribution in [0.1, 0.15) is 18.3 Å². The van der Waals surface area contributed by atoms with Crippen LogP contribution < -0.4 is 10.1 Å². The standard InChI is InChI=1S/C20H21N3O2S/c1-13(19(24)21-12-15-8-10-16(25-3)11-9-15)26-20-17-6-4-5-7-18(17)22-14(2)23-20/h4-11,13H,12H2,1-3H3,(H,21,24)/t13-/m1/s1. The van der Waals surface area contributed by atoms with Crippen LogP contribution >= 0.6 is 11.8 Å². The van der Waals surface area contributed by atoms with Gasteiger partial charge in [0.15, 0.2) is 0 Å². The zero-order valence-electron chi connectivity index (χ0n) is 15.0. The molecule has 1 heterocycles. The minimum absolute atomic E-state index is 0.0221. The van der Waals surface area contributed by atoms with Gasteiger partial charge in [0.1, 0.15) is 16.6 Å². The Morgan fingerprint density at radius 2 is 1.88 bits per heavy atom. The SMILES string of the molecule is COc1ccc(CNC(=O)[C@@H](C)Sc2nc(C)nc3ccccc23)cc1. The first-order valence-corrected chi connectivity index (χ1v) is 9.25. The van der Waals surface area contributed by atoms with Crippen LogP contribution in [0.3, 0.4) is 0 Å². The smallest absolute Gasteiger partial charge is 0.233 e. The number of nitrogens with zero attached hydrogens (tertiary/aromatic N) is 2. The Morgan fingerprint density at radius 3 is 2.62 bits per heavy atom. The number of hydrogen-bond acceptors (Lipinski definition) is 5. The van der Waals surface area contributed by atoms with Gasteiger partial charge in [0.2, 0.25) is 5.91 Å². The molecule has 6 heteroatoms. The van der Waals surface area contributed by atoms with E-state index in [-0.39, 0.29) is 11.2 Å². The second-order valence-electron chi connectivity index (χ2n) is 5.92. The summed E-state index contributed by atoms with van der Waals surface area (Å²) in [5.74, 6) is 1.48. The van der Waals surface area contributed by atoms with Gasteiger partial charge in [0, 0.05) is 11.9 Å². The molecule has 0 aliphatic rings. The Morgan fingerprint density at radius 1 is 1.15 bits per heavy atom. The molecule has 0 spiro atoms. The highest BCUT2D eigenvalue weighted by Gasteiger charge is 2.17. The van der Waals surface area contributed by atoms with E-state index in [0.29, 0.717) is 12.4 Å². The summed E-state index contributed by atoms with van der Waals surface area (Å²) in [6, 6.07) is 15.5. The fraction of sp³-hybridized carbons (Fsp3) is 0.250. The molecule has 26 heavy (non-hydrogen) atoms. The molecule has 0 fully saturated rings. The summed E-state index contributed by atoms with van der Waals surface area (Å²) in [5.41, 5.74) is 1.92. The molecule has 134 valence electrons. The number of aromatic nitrogens is 2. The van der Waals surface area contributed by atoms with E-state index in [1.165, 1.54) is 11.8 Å². The van der Waals surface area contributed by atoms with E-state index in [0.717, 1.165) is 27.2 Å². The topological polar surface area (TPSA) is 64.1 Å². The van der Waals surface area contributed by atoms with E-state index in [4.69, 9.17) is 4.74 Å². The number of hydrogen-bond donors (Lipinski definition) is 1. The molecule has 3 aromatic rings. The monoisotopic (exact) mass is 367 g/mol. The van der Waals surface area contributed by atoms with Crippen LogP contribution in [-0.2, 0) is 11.3 Å². The highest BCUT2D eigenvalue weighted by molar-refractivity contribution is 8.00. The Hall–Kier alpha value is -2.60. The number of methoxy groups -OCH3 is 1. The third-order valence-electron chi connectivity index (χ3n) is 3.96.